The molecule has 0 spiro atoms. The highest BCUT2D eigenvalue weighted by Gasteiger charge is 2.35. The summed E-state index contributed by atoms with van der Waals surface area (Å²) in [4.78, 5) is 44.0. The molecule has 0 saturated heterocycles. The van der Waals surface area contributed by atoms with Crippen molar-refractivity contribution in [3.05, 3.63) is 77.9 Å². The summed E-state index contributed by atoms with van der Waals surface area (Å²) in [6.07, 6.45) is -4.88. The number of hydrogen-bond donors (Lipinski definition) is 3. The minimum absolute atomic E-state index is 0.0351. The van der Waals surface area contributed by atoms with Gasteiger partial charge in [0.2, 0.25) is 0 Å². The quantitative estimate of drug-likeness (QED) is 0.132. The molecule has 20 heteroatoms. The highest BCUT2D eigenvalue weighted by atomic mass is 35.5. The second-order valence-corrected chi connectivity index (χ2v) is 11.8. The minimum Gasteiger partial charge on any atom is -0.311 e. The fraction of sp³-hybridized carbons (Fsp3) is 0.269. The molecule has 0 saturated carbocycles. The number of halogens is 8. The normalized spacial score (nSPS) is 12.7. The minimum atomic E-state index is -4.63. The van der Waals surface area contributed by atoms with Crippen LogP contribution in [0.2, 0.25) is 10.0 Å². The Bertz CT molecular complexity index is 1740. The Labute approximate surface area is 275 Å². The maximum atomic E-state index is 12.8. The van der Waals surface area contributed by atoms with E-state index in [0.29, 0.717) is 27.9 Å². The number of nitrogens with one attached hydrogen (secondary N) is 3. The number of rotatable bonds is 7. The van der Waals surface area contributed by atoms with Crippen molar-refractivity contribution >= 4 is 75.0 Å². The molecule has 46 heavy (non-hydrogen) atoms. The Hall–Kier alpha value is -3.71. The largest absolute Gasteiger partial charge is 0.418 e. The third-order valence-electron chi connectivity index (χ3n) is 5.73. The lowest BCUT2D eigenvalue weighted by atomic mass is 10.2. The van der Waals surface area contributed by atoms with Crippen LogP contribution in [0.5, 0.6) is 0 Å². The Kier molecular flexibility index (Phi) is 12.2. The van der Waals surface area contributed by atoms with Gasteiger partial charge in [-0.2, -0.15) is 26.3 Å². The Balaban J connectivity index is 0.000000250. The summed E-state index contributed by atoms with van der Waals surface area (Å²) in [6, 6.07) is 1.34. The van der Waals surface area contributed by atoms with E-state index in [0.717, 1.165) is 35.1 Å². The van der Waals surface area contributed by atoms with Crippen molar-refractivity contribution in [3.63, 3.8) is 0 Å². The van der Waals surface area contributed by atoms with Crippen LogP contribution in [0.4, 0.5) is 38.0 Å². The topological polar surface area (TPSA) is 134 Å². The monoisotopic (exact) mass is 726 g/mol. The smallest absolute Gasteiger partial charge is 0.311 e. The number of amides is 2. The lowest BCUT2D eigenvalue weighted by Gasteiger charge is -2.10. The fourth-order valence-electron chi connectivity index (χ4n) is 3.16. The predicted molar refractivity (Wildman–Crippen MR) is 164 cm³/mol. The van der Waals surface area contributed by atoms with Crippen molar-refractivity contribution in [2.45, 2.75) is 32.2 Å². The average molecular weight is 728 g/mol. The third kappa shape index (κ3) is 9.65. The molecule has 246 valence electrons. The number of aromatic nitrogens is 4. The summed E-state index contributed by atoms with van der Waals surface area (Å²) >= 11 is 13.2. The number of carbonyl (C=O) groups is 2. The molecule has 0 bridgehead atoms. The standard InChI is InChI=1S/C13H12ClF3N4OS.C13H10ClF3N4OS/c2*1-6(18-2)12-20-5-9(23-12)11(22)21-10-3-7(13(15,16)17)8(14)4-19-10/h3-6,18H,1-2H3,(H,19,21,22);3-5H,1-2H3,(H,19,21,22)/t6-;/m0./s1. The zero-order valence-corrected chi connectivity index (χ0v) is 27.1. The molecule has 0 aliphatic carbocycles. The second-order valence-electron chi connectivity index (χ2n) is 8.91. The highest BCUT2D eigenvalue weighted by molar-refractivity contribution is 7.15. The van der Waals surface area contributed by atoms with Crippen molar-refractivity contribution in [2.24, 2.45) is 4.99 Å². The molecule has 4 rings (SSSR count). The predicted octanol–water partition coefficient (Wildman–Crippen LogP) is 7.64. The molecule has 10 nitrogen and oxygen atoms in total. The summed E-state index contributed by atoms with van der Waals surface area (Å²) in [5, 5.41) is 7.76. The van der Waals surface area contributed by atoms with E-state index in [4.69, 9.17) is 23.2 Å². The van der Waals surface area contributed by atoms with Crippen molar-refractivity contribution in [2.75, 3.05) is 24.7 Å². The maximum Gasteiger partial charge on any atom is 0.418 e. The van der Waals surface area contributed by atoms with Crippen molar-refractivity contribution in [1.82, 2.24) is 25.3 Å². The summed E-state index contributed by atoms with van der Waals surface area (Å²) in [5.41, 5.74) is -1.47. The van der Waals surface area contributed by atoms with Crippen molar-refractivity contribution in [3.8, 4) is 0 Å². The van der Waals surface area contributed by atoms with Gasteiger partial charge in [0.05, 0.1) is 45.3 Å². The molecule has 0 aromatic carbocycles. The SMILES string of the molecule is CN=C(C)c1ncc(C(=O)Nc2cc(C(F)(F)F)c(Cl)cn2)s1.CN[C@@H](C)c1ncc(C(=O)Nc2cc(C(F)(F)F)c(Cl)cn2)s1. The number of alkyl halides is 6. The molecule has 0 radical (unpaired) electrons. The number of nitrogens with zero attached hydrogens (tertiary/aromatic N) is 5. The summed E-state index contributed by atoms with van der Waals surface area (Å²) < 4.78 is 76.7. The highest BCUT2D eigenvalue weighted by Crippen LogP contribution is 2.36. The van der Waals surface area contributed by atoms with Gasteiger partial charge in [-0.3, -0.25) is 14.6 Å². The second kappa shape index (κ2) is 15.3. The first-order valence-corrected chi connectivity index (χ1v) is 14.9. The van der Waals surface area contributed by atoms with E-state index in [2.05, 4.69) is 40.9 Å². The van der Waals surface area contributed by atoms with E-state index in [1.807, 2.05) is 6.92 Å². The Morgan fingerprint density at radius 3 is 1.70 bits per heavy atom. The zero-order valence-electron chi connectivity index (χ0n) is 23.9. The first-order valence-electron chi connectivity index (χ1n) is 12.5. The van der Waals surface area contributed by atoms with Crippen LogP contribution in [0.1, 0.15) is 60.4 Å². The summed E-state index contributed by atoms with van der Waals surface area (Å²) in [5.74, 6) is -1.67. The van der Waals surface area contributed by atoms with Gasteiger partial charge in [0.25, 0.3) is 11.8 Å². The lowest BCUT2D eigenvalue weighted by molar-refractivity contribution is -0.138. The molecule has 4 aromatic rings. The molecular weight excluding hydrogens is 705 g/mol. The number of thiazole rings is 2. The maximum absolute atomic E-state index is 12.8. The lowest BCUT2D eigenvalue weighted by Crippen LogP contribution is -2.14. The van der Waals surface area contributed by atoms with Crippen LogP contribution in [0.3, 0.4) is 0 Å². The van der Waals surface area contributed by atoms with Gasteiger partial charge in [-0.1, -0.05) is 23.2 Å². The van der Waals surface area contributed by atoms with Crippen LogP contribution >= 0.6 is 45.9 Å². The molecule has 4 aromatic heterocycles. The summed E-state index contributed by atoms with van der Waals surface area (Å²) in [6.45, 7) is 3.60. The van der Waals surface area contributed by atoms with E-state index in [9.17, 15) is 35.9 Å². The number of anilines is 2. The van der Waals surface area contributed by atoms with Gasteiger partial charge in [0, 0.05) is 19.4 Å². The molecule has 4 heterocycles. The van der Waals surface area contributed by atoms with E-state index >= 15 is 0 Å². The van der Waals surface area contributed by atoms with E-state index in [1.54, 1.807) is 21.0 Å². The fourth-order valence-corrected chi connectivity index (χ4v) is 5.26. The van der Waals surface area contributed by atoms with Crippen molar-refractivity contribution < 1.29 is 35.9 Å². The van der Waals surface area contributed by atoms with Gasteiger partial charge in [0.15, 0.2) is 0 Å². The molecular formula is C26H22Cl2F6N8O2S2. The molecule has 0 fully saturated rings. The molecule has 1 atom stereocenters. The van der Waals surface area contributed by atoms with Gasteiger partial charge in [-0.25, -0.2) is 19.9 Å². The van der Waals surface area contributed by atoms with Crippen LogP contribution < -0.4 is 16.0 Å². The number of hydrogen-bond acceptors (Lipinski definition) is 10. The average Bonchev–Trinajstić information content (AvgIpc) is 3.69. The van der Waals surface area contributed by atoms with E-state index in [1.165, 1.54) is 12.4 Å². The molecule has 0 unspecified atom stereocenters. The van der Waals surface area contributed by atoms with Crippen LogP contribution in [-0.4, -0.2) is 51.6 Å². The molecule has 2 amide bonds. The Morgan fingerprint density at radius 1 is 0.804 bits per heavy atom. The number of carbonyl (C=O) groups excluding carboxylic acids is 2. The molecule has 0 aliphatic heterocycles. The van der Waals surface area contributed by atoms with Crippen LogP contribution in [-0.2, 0) is 12.4 Å². The molecule has 3 N–H and O–H groups in total. The van der Waals surface area contributed by atoms with Crippen LogP contribution in [0.25, 0.3) is 0 Å². The van der Waals surface area contributed by atoms with E-state index < -0.39 is 45.3 Å². The van der Waals surface area contributed by atoms with Gasteiger partial charge in [0.1, 0.15) is 31.4 Å². The van der Waals surface area contributed by atoms with Gasteiger partial charge in [-0.05, 0) is 33.0 Å². The van der Waals surface area contributed by atoms with Crippen LogP contribution in [0.15, 0.2) is 41.9 Å². The first kappa shape index (κ1) is 36.8. The zero-order chi connectivity index (χ0) is 34.4. The van der Waals surface area contributed by atoms with Crippen molar-refractivity contribution in [1.29, 1.82) is 0 Å². The van der Waals surface area contributed by atoms with Gasteiger partial charge >= 0.3 is 12.4 Å². The van der Waals surface area contributed by atoms with Gasteiger partial charge in [-0.15, -0.1) is 22.7 Å². The third-order valence-corrected chi connectivity index (χ3v) is 8.62. The van der Waals surface area contributed by atoms with E-state index in [-0.39, 0.29) is 27.4 Å². The molecule has 0 aliphatic rings. The number of pyridine rings is 2. The first-order chi connectivity index (χ1) is 21.4. The summed E-state index contributed by atoms with van der Waals surface area (Å²) in [7, 11) is 3.34. The van der Waals surface area contributed by atoms with Crippen LogP contribution in [0, 0.1) is 0 Å². The Morgan fingerprint density at radius 2 is 1.26 bits per heavy atom. The number of aliphatic imine (C=N–C) groups is 1. The van der Waals surface area contributed by atoms with Gasteiger partial charge < -0.3 is 16.0 Å².